The quantitative estimate of drug-likeness (QED) is 0.359. The molecule has 3 aromatic rings. The normalized spacial score (nSPS) is 23.7. The number of aliphatic hydroxyl groups is 1. The van der Waals surface area contributed by atoms with E-state index in [9.17, 15) is 20.0 Å². The van der Waals surface area contributed by atoms with E-state index in [-0.39, 0.29) is 24.8 Å². The Bertz CT molecular complexity index is 1340. The van der Waals surface area contributed by atoms with Crippen LogP contribution in [0.4, 0.5) is 0 Å². The second kappa shape index (κ2) is 11.1. The number of benzene rings is 2. The first-order valence-corrected chi connectivity index (χ1v) is 12.8. The predicted molar refractivity (Wildman–Crippen MR) is 139 cm³/mol. The van der Waals surface area contributed by atoms with E-state index in [1.54, 1.807) is 13.2 Å². The summed E-state index contributed by atoms with van der Waals surface area (Å²) in [5.74, 6) is 0.402. The lowest BCUT2D eigenvalue weighted by atomic mass is 9.98. The zero-order chi connectivity index (χ0) is 26.6. The van der Waals surface area contributed by atoms with Gasteiger partial charge in [0.15, 0.2) is 0 Å². The Morgan fingerprint density at radius 2 is 2.05 bits per heavy atom. The van der Waals surface area contributed by atoms with Gasteiger partial charge in [-0.3, -0.25) is 14.9 Å². The van der Waals surface area contributed by atoms with Crippen LogP contribution in [-0.4, -0.2) is 71.4 Å². The fourth-order valence-electron chi connectivity index (χ4n) is 5.33. The van der Waals surface area contributed by atoms with Crippen LogP contribution in [0.3, 0.4) is 0 Å². The average molecular weight is 518 g/mol. The van der Waals surface area contributed by atoms with Gasteiger partial charge in [-0.1, -0.05) is 24.3 Å². The molecule has 2 amide bonds. The summed E-state index contributed by atoms with van der Waals surface area (Å²) in [5, 5.41) is 26.3. The lowest BCUT2D eigenvalue weighted by Crippen LogP contribution is -2.49. The number of para-hydroxylation sites is 1. The van der Waals surface area contributed by atoms with Gasteiger partial charge in [-0.2, -0.15) is 5.26 Å². The third-order valence-corrected chi connectivity index (χ3v) is 7.27. The van der Waals surface area contributed by atoms with E-state index in [2.05, 4.69) is 21.7 Å². The SMILES string of the molecule is COc1cccc2[nH]c(C(=O)N3C[C@H](Oc4ccccc4)C[C@H]3C(=O)N[C@H](C#N)C[C@@H]3CCNC3O)cc12. The fraction of sp³-hybridized carbons (Fsp3) is 0.393. The molecule has 5 rings (SSSR count). The highest BCUT2D eigenvalue weighted by atomic mass is 16.5. The van der Waals surface area contributed by atoms with Crippen LogP contribution in [0.2, 0.25) is 0 Å². The maximum absolute atomic E-state index is 13.7. The number of hydrogen-bond donors (Lipinski definition) is 4. The van der Waals surface area contributed by atoms with Gasteiger partial charge >= 0.3 is 0 Å². The first-order chi connectivity index (χ1) is 18.5. The number of H-pyrrole nitrogens is 1. The van der Waals surface area contributed by atoms with Crippen LogP contribution in [0.25, 0.3) is 10.9 Å². The Kier molecular flexibility index (Phi) is 7.49. The van der Waals surface area contributed by atoms with E-state index in [1.807, 2.05) is 48.5 Å². The van der Waals surface area contributed by atoms with E-state index >= 15 is 0 Å². The van der Waals surface area contributed by atoms with Crippen molar-refractivity contribution in [3.8, 4) is 17.6 Å². The third kappa shape index (κ3) is 5.30. The number of nitriles is 1. The zero-order valence-electron chi connectivity index (χ0n) is 21.1. The van der Waals surface area contributed by atoms with Crippen molar-refractivity contribution in [2.24, 2.45) is 5.92 Å². The van der Waals surface area contributed by atoms with Crippen molar-refractivity contribution in [3.05, 3.63) is 60.3 Å². The van der Waals surface area contributed by atoms with Gasteiger partial charge in [0, 0.05) is 23.2 Å². The Balaban J connectivity index is 1.37. The van der Waals surface area contributed by atoms with Gasteiger partial charge < -0.3 is 29.8 Å². The second-order valence-corrected chi connectivity index (χ2v) is 9.74. The van der Waals surface area contributed by atoms with Gasteiger partial charge in [0.1, 0.15) is 41.6 Å². The number of carbonyl (C=O) groups is 2. The smallest absolute Gasteiger partial charge is 0.271 e. The number of nitrogens with one attached hydrogen (secondary N) is 3. The van der Waals surface area contributed by atoms with E-state index in [4.69, 9.17) is 9.47 Å². The lowest BCUT2D eigenvalue weighted by molar-refractivity contribution is -0.125. The topological polar surface area (TPSA) is 140 Å². The van der Waals surface area contributed by atoms with Crippen LogP contribution in [0.15, 0.2) is 54.6 Å². The standard InChI is InChI=1S/C28H31N5O5/c1-37-25-9-5-8-22-21(25)14-23(32-22)28(36)33-16-20(38-19-6-3-2-4-7-19)13-24(33)27(35)31-18(15-29)12-17-10-11-30-26(17)34/h2-9,14,17-18,20,24,26,30,32,34H,10-13,16H2,1H3,(H,31,35)/t17-,18-,20+,24-,26?/m0/s1. The van der Waals surface area contributed by atoms with Gasteiger partial charge in [0.05, 0.1) is 19.7 Å². The van der Waals surface area contributed by atoms with E-state index in [0.29, 0.717) is 30.2 Å². The van der Waals surface area contributed by atoms with Gasteiger partial charge in [0.2, 0.25) is 5.91 Å². The van der Waals surface area contributed by atoms with Crippen molar-refractivity contribution in [1.29, 1.82) is 5.26 Å². The second-order valence-electron chi connectivity index (χ2n) is 9.74. The number of fused-ring (bicyclic) bond motifs is 1. The number of methoxy groups -OCH3 is 1. The number of aromatic nitrogens is 1. The Labute approximate surface area is 220 Å². The number of likely N-dealkylation sites (tertiary alicyclic amines) is 1. The summed E-state index contributed by atoms with van der Waals surface area (Å²) in [6.45, 7) is 0.872. The molecule has 10 heteroatoms. The van der Waals surface area contributed by atoms with Crippen LogP contribution in [0.1, 0.15) is 29.8 Å². The van der Waals surface area contributed by atoms with Crippen molar-refractivity contribution in [3.63, 3.8) is 0 Å². The molecule has 4 N–H and O–H groups in total. The molecule has 3 heterocycles. The molecule has 2 aliphatic heterocycles. The van der Waals surface area contributed by atoms with Crippen LogP contribution in [0.5, 0.6) is 11.5 Å². The van der Waals surface area contributed by atoms with Crippen LogP contribution in [-0.2, 0) is 4.79 Å². The van der Waals surface area contributed by atoms with Crippen LogP contribution in [0, 0.1) is 17.2 Å². The first kappa shape index (κ1) is 25.6. The Morgan fingerprint density at radius 3 is 2.76 bits per heavy atom. The number of hydrogen-bond acceptors (Lipinski definition) is 7. The summed E-state index contributed by atoms with van der Waals surface area (Å²) in [6, 6.07) is 17.0. The first-order valence-electron chi connectivity index (χ1n) is 12.8. The lowest BCUT2D eigenvalue weighted by Gasteiger charge is -2.25. The van der Waals surface area contributed by atoms with Crippen molar-refractivity contribution < 1.29 is 24.2 Å². The number of ether oxygens (including phenoxy) is 2. The minimum Gasteiger partial charge on any atom is -0.496 e. The van der Waals surface area contributed by atoms with E-state index in [0.717, 1.165) is 17.3 Å². The largest absolute Gasteiger partial charge is 0.496 e. The number of nitrogens with zero attached hydrogens (tertiary/aromatic N) is 2. The molecule has 1 unspecified atom stereocenters. The highest BCUT2D eigenvalue weighted by molar-refractivity contribution is 6.01. The van der Waals surface area contributed by atoms with Gasteiger partial charge in [-0.25, -0.2) is 0 Å². The number of aliphatic hydroxyl groups excluding tert-OH is 1. The molecule has 198 valence electrons. The molecule has 0 radical (unpaired) electrons. The monoisotopic (exact) mass is 517 g/mol. The zero-order valence-corrected chi connectivity index (χ0v) is 21.1. The summed E-state index contributed by atoms with van der Waals surface area (Å²) in [5.41, 5.74) is 1.08. The molecule has 2 aliphatic rings. The molecule has 0 aliphatic carbocycles. The third-order valence-electron chi connectivity index (χ3n) is 7.27. The molecule has 2 aromatic carbocycles. The highest BCUT2D eigenvalue weighted by Gasteiger charge is 2.42. The molecule has 10 nitrogen and oxygen atoms in total. The Hall–Kier alpha value is -4.07. The van der Waals surface area contributed by atoms with Crippen molar-refractivity contribution in [2.75, 3.05) is 20.2 Å². The van der Waals surface area contributed by atoms with Crippen molar-refractivity contribution in [2.45, 2.75) is 43.7 Å². The minimum atomic E-state index is -0.827. The van der Waals surface area contributed by atoms with E-state index < -0.39 is 30.3 Å². The summed E-state index contributed by atoms with van der Waals surface area (Å²) in [4.78, 5) is 31.8. The molecule has 2 fully saturated rings. The molecule has 1 aromatic heterocycles. The fourth-order valence-corrected chi connectivity index (χ4v) is 5.33. The molecule has 0 bridgehead atoms. The summed E-state index contributed by atoms with van der Waals surface area (Å²) < 4.78 is 11.5. The van der Waals surface area contributed by atoms with Crippen molar-refractivity contribution in [1.82, 2.24) is 20.5 Å². The van der Waals surface area contributed by atoms with Gasteiger partial charge in [-0.05, 0) is 49.7 Å². The summed E-state index contributed by atoms with van der Waals surface area (Å²) >= 11 is 0. The summed E-state index contributed by atoms with van der Waals surface area (Å²) in [6.07, 6.45) is 0.220. The average Bonchev–Trinajstić information content (AvgIpc) is 3.66. The predicted octanol–water partition coefficient (Wildman–Crippen LogP) is 2.16. The number of aromatic amines is 1. The number of rotatable bonds is 8. The highest BCUT2D eigenvalue weighted by Crippen LogP contribution is 2.29. The Morgan fingerprint density at radius 1 is 1.24 bits per heavy atom. The molecular weight excluding hydrogens is 486 g/mol. The van der Waals surface area contributed by atoms with Crippen molar-refractivity contribution >= 4 is 22.7 Å². The van der Waals surface area contributed by atoms with Gasteiger partial charge in [-0.15, -0.1) is 0 Å². The maximum atomic E-state index is 13.7. The summed E-state index contributed by atoms with van der Waals surface area (Å²) in [7, 11) is 1.57. The molecule has 0 saturated carbocycles. The molecule has 5 atom stereocenters. The number of carbonyl (C=O) groups excluding carboxylic acids is 2. The molecule has 38 heavy (non-hydrogen) atoms. The molecular formula is C28H31N5O5. The van der Waals surface area contributed by atoms with E-state index in [1.165, 1.54) is 4.90 Å². The van der Waals surface area contributed by atoms with Gasteiger partial charge in [0.25, 0.3) is 5.91 Å². The maximum Gasteiger partial charge on any atom is 0.271 e. The molecule has 0 spiro atoms. The van der Waals surface area contributed by atoms with Crippen LogP contribution >= 0.6 is 0 Å². The number of amides is 2. The van der Waals surface area contributed by atoms with Crippen LogP contribution < -0.4 is 20.1 Å². The minimum absolute atomic E-state index is 0.128. The molecule has 2 saturated heterocycles.